The van der Waals surface area contributed by atoms with E-state index >= 15 is 0 Å². The zero-order valence-corrected chi connectivity index (χ0v) is 10.6. The lowest BCUT2D eigenvalue weighted by atomic mass is 10.1. The van der Waals surface area contributed by atoms with Gasteiger partial charge in [-0.2, -0.15) is 0 Å². The molecule has 0 saturated carbocycles. The van der Waals surface area contributed by atoms with E-state index in [0.29, 0.717) is 32.1 Å². The average Bonchev–Trinajstić information content (AvgIpc) is 2.17. The van der Waals surface area contributed by atoms with E-state index in [4.69, 9.17) is 4.74 Å². The van der Waals surface area contributed by atoms with Crippen molar-refractivity contribution < 1.29 is 9.53 Å². The van der Waals surface area contributed by atoms with Crippen LogP contribution >= 0.6 is 15.9 Å². The fourth-order valence-electron chi connectivity index (χ4n) is 0.952. The number of nitrogens with one attached hydrogen (secondary N) is 1. The molecule has 0 saturated heterocycles. The third kappa shape index (κ3) is 8.51. The van der Waals surface area contributed by atoms with Crippen molar-refractivity contribution in [3.8, 4) is 0 Å². The number of ether oxygens (including phenoxy) is 1. The van der Waals surface area contributed by atoms with Crippen molar-refractivity contribution in [3.63, 3.8) is 0 Å². The summed E-state index contributed by atoms with van der Waals surface area (Å²) in [7, 11) is 0. The summed E-state index contributed by atoms with van der Waals surface area (Å²) in [5.74, 6) is 0.597. The van der Waals surface area contributed by atoms with E-state index in [-0.39, 0.29) is 5.91 Å². The highest BCUT2D eigenvalue weighted by Crippen LogP contribution is 2.04. The van der Waals surface area contributed by atoms with Crippen LogP contribution in [0, 0.1) is 5.92 Å². The molecule has 84 valence electrons. The molecule has 0 aliphatic carbocycles. The van der Waals surface area contributed by atoms with E-state index in [1.807, 2.05) is 0 Å². The van der Waals surface area contributed by atoms with Crippen molar-refractivity contribution >= 4 is 21.8 Å². The molecular formula is C10H20BrNO2. The first-order valence-electron chi connectivity index (χ1n) is 5.11. The maximum absolute atomic E-state index is 11.3. The summed E-state index contributed by atoms with van der Waals surface area (Å²) in [6, 6.07) is 0. The van der Waals surface area contributed by atoms with Gasteiger partial charge in [0.1, 0.15) is 0 Å². The van der Waals surface area contributed by atoms with Gasteiger partial charge in [-0.1, -0.05) is 36.2 Å². The summed E-state index contributed by atoms with van der Waals surface area (Å²) in [4.78, 5) is 11.3. The molecule has 0 radical (unpaired) electrons. The Morgan fingerprint density at radius 3 is 2.79 bits per heavy atom. The molecule has 0 heterocycles. The predicted molar refractivity (Wildman–Crippen MR) is 61.7 cm³/mol. The fourth-order valence-corrected chi connectivity index (χ4v) is 1.18. The lowest BCUT2D eigenvalue weighted by Crippen LogP contribution is -2.28. The van der Waals surface area contributed by atoms with Gasteiger partial charge in [-0.25, -0.2) is 0 Å². The molecule has 4 heteroatoms. The van der Waals surface area contributed by atoms with Crippen LogP contribution in [0.5, 0.6) is 0 Å². The van der Waals surface area contributed by atoms with E-state index in [0.717, 1.165) is 11.8 Å². The first kappa shape index (κ1) is 13.9. The average molecular weight is 266 g/mol. The molecule has 1 amide bonds. The fraction of sp³-hybridized carbons (Fsp3) is 0.900. The van der Waals surface area contributed by atoms with Gasteiger partial charge in [-0.05, 0) is 5.92 Å². The van der Waals surface area contributed by atoms with Crippen LogP contribution in [0.3, 0.4) is 0 Å². The van der Waals surface area contributed by atoms with Gasteiger partial charge in [-0.3, -0.25) is 4.79 Å². The molecule has 0 aromatic carbocycles. The van der Waals surface area contributed by atoms with E-state index in [9.17, 15) is 4.79 Å². The molecule has 0 fully saturated rings. The molecule has 1 atom stereocenters. The first-order chi connectivity index (χ1) is 6.70. The van der Waals surface area contributed by atoms with Gasteiger partial charge in [0.2, 0.25) is 5.91 Å². The molecule has 0 aliphatic rings. The highest BCUT2D eigenvalue weighted by molar-refractivity contribution is 9.09. The second-order valence-electron chi connectivity index (χ2n) is 3.37. The van der Waals surface area contributed by atoms with Crippen molar-refractivity contribution in [2.24, 2.45) is 5.92 Å². The Balaban J connectivity index is 3.27. The van der Waals surface area contributed by atoms with Crippen LogP contribution in [0.1, 0.15) is 26.7 Å². The van der Waals surface area contributed by atoms with Crippen LogP contribution in [0.2, 0.25) is 0 Å². The molecule has 0 aromatic heterocycles. The highest BCUT2D eigenvalue weighted by atomic mass is 79.9. The Kier molecular flexibility index (Phi) is 9.40. The van der Waals surface area contributed by atoms with Crippen molar-refractivity contribution in [1.29, 1.82) is 0 Å². The standard InChI is InChI=1S/C10H20BrNO2/c1-3-9(2)8-10(13)12-5-7-14-6-4-11/h9H,3-8H2,1-2H3,(H,12,13). The van der Waals surface area contributed by atoms with Crippen molar-refractivity contribution in [3.05, 3.63) is 0 Å². The van der Waals surface area contributed by atoms with Crippen molar-refractivity contribution in [2.45, 2.75) is 26.7 Å². The van der Waals surface area contributed by atoms with E-state index in [2.05, 4.69) is 35.1 Å². The minimum atomic E-state index is 0.127. The third-order valence-corrected chi connectivity index (χ3v) is 2.34. The maximum atomic E-state index is 11.3. The van der Waals surface area contributed by atoms with E-state index in [1.54, 1.807) is 0 Å². The highest BCUT2D eigenvalue weighted by Gasteiger charge is 2.05. The maximum Gasteiger partial charge on any atom is 0.220 e. The third-order valence-electron chi connectivity index (χ3n) is 2.02. The number of rotatable bonds is 8. The lowest BCUT2D eigenvalue weighted by Gasteiger charge is -2.09. The molecule has 0 bridgehead atoms. The zero-order chi connectivity index (χ0) is 10.8. The predicted octanol–water partition coefficient (Wildman–Crippen LogP) is 1.95. The molecule has 0 aliphatic heterocycles. The Hall–Kier alpha value is -0.0900. The summed E-state index contributed by atoms with van der Waals surface area (Å²) < 4.78 is 5.20. The Labute approximate surface area is 94.7 Å². The van der Waals surface area contributed by atoms with Crippen LogP contribution < -0.4 is 5.32 Å². The number of hydrogen-bond acceptors (Lipinski definition) is 2. The number of carbonyl (C=O) groups excluding carboxylic acids is 1. The molecule has 3 nitrogen and oxygen atoms in total. The number of alkyl halides is 1. The minimum absolute atomic E-state index is 0.127. The summed E-state index contributed by atoms with van der Waals surface area (Å²) >= 11 is 3.26. The molecular weight excluding hydrogens is 246 g/mol. The molecule has 14 heavy (non-hydrogen) atoms. The smallest absolute Gasteiger partial charge is 0.220 e. The Morgan fingerprint density at radius 1 is 1.50 bits per heavy atom. The number of halogens is 1. The van der Waals surface area contributed by atoms with Gasteiger partial charge in [0.25, 0.3) is 0 Å². The van der Waals surface area contributed by atoms with Crippen LogP contribution in [0.15, 0.2) is 0 Å². The zero-order valence-electron chi connectivity index (χ0n) is 9.01. The number of amides is 1. The summed E-state index contributed by atoms with van der Waals surface area (Å²) in [5.41, 5.74) is 0. The van der Waals surface area contributed by atoms with E-state index < -0.39 is 0 Å². The number of carbonyl (C=O) groups is 1. The normalized spacial score (nSPS) is 12.5. The summed E-state index contributed by atoms with van der Waals surface area (Å²) in [5, 5.41) is 3.67. The molecule has 0 rings (SSSR count). The van der Waals surface area contributed by atoms with E-state index in [1.165, 1.54) is 0 Å². The molecule has 1 N–H and O–H groups in total. The van der Waals surface area contributed by atoms with Crippen LogP contribution in [-0.4, -0.2) is 31.0 Å². The van der Waals surface area contributed by atoms with Gasteiger partial charge < -0.3 is 10.1 Å². The van der Waals surface area contributed by atoms with Gasteiger partial charge in [0.05, 0.1) is 13.2 Å². The Bertz CT molecular complexity index is 153. The molecule has 0 aromatic rings. The minimum Gasteiger partial charge on any atom is -0.379 e. The number of hydrogen-bond donors (Lipinski definition) is 1. The van der Waals surface area contributed by atoms with Gasteiger partial charge in [0.15, 0.2) is 0 Å². The second kappa shape index (κ2) is 9.46. The Morgan fingerprint density at radius 2 is 2.21 bits per heavy atom. The topological polar surface area (TPSA) is 38.3 Å². The second-order valence-corrected chi connectivity index (χ2v) is 4.16. The monoisotopic (exact) mass is 265 g/mol. The van der Waals surface area contributed by atoms with Crippen LogP contribution in [0.4, 0.5) is 0 Å². The molecule has 0 spiro atoms. The lowest BCUT2D eigenvalue weighted by molar-refractivity contribution is -0.122. The van der Waals surface area contributed by atoms with Crippen LogP contribution in [0.25, 0.3) is 0 Å². The first-order valence-corrected chi connectivity index (χ1v) is 6.23. The summed E-state index contributed by atoms with van der Waals surface area (Å²) in [6.45, 7) is 6.08. The largest absolute Gasteiger partial charge is 0.379 e. The SMILES string of the molecule is CCC(C)CC(=O)NCCOCCBr. The van der Waals surface area contributed by atoms with Gasteiger partial charge >= 0.3 is 0 Å². The van der Waals surface area contributed by atoms with Crippen molar-refractivity contribution in [1.82, 2.24) is 5.32 Å². The van der Waals surface area contributed by atoms with Crippen molar-refractivity contribution in [2.75, 3.05) is 25.1 Å². The quantitative estimate of drug-likeness (QED) is 0.538. The van der Waals surface area contributed by atoms with Gasteiger partial charge in [0, 0.05) is 18.3 Å². The van der Waals surface area contributed by atoms with Gasteiger partial charge in [-0.15, -0.1) is 0 Å². The van der Waals surface area contributed by atoms with Crippen LogP contribution in [-0.2, 0) is 9.53 Å². The summed E-state index contributed by atoms with van der Waals surface area (Å²) in [6.07, 6.45) is 1.67. The molecule has 1 unspecified atom stereocenters.